The molecule has 0 aliphatic heterocycles. The summed E-state index contributed by atoms with van der Waals surface area (Å²) >= 11 is 0. The number of carboxylic acid groups (broad SMARTS) is 1. The Morgan fingerprint density at radius 1 is 1.35 bits per heavy atom. The van der Waals surface area contributed by atoms with Crippen molar-refractivity contribution in [1.82, 2.24) is 0 Å². The van der Waals surface area contributed by atoms with Gasteiger partial charge in [-0.15, -0.1) is 0 Å². The molecule has 0 unspecified atom stereocenters. The minimum absolute atomic E-state index is 0.0357. The zero-order chi connectivity index (χ0) is 13.2. The minimum atomic E-state index is -1.10. The van der Waals surface area contributed by atoms with Crippen LogP contribution in [0.25, 0.3) is 0 Å². The van der Waals surface area contributed by atoms with E-state index in [1.165, 1.54) is 18.2 Å². The van der Waals surface area contributed by atoms with Crippen LogP contribution in [-0.4, -0.2) is 22.5 Å². The first-order valence-electron chi connectivity index (χ1n) is 4.95. The van der Waals surface area contributed by atoms with Crippen molar-refractivity contribution in [3.05, 3.63) is 23.8 Å². The molecule has 1 rings (SSSR count). The van der Waals surface area contributed by atoms with Gasteiger partial charge in [0.15, 0.2) is 0 Å². The van der Waals surface area contributed by atoms with E-state index in [9.17, 15) is 9.59 Å². The second-order valence-electron chi connectivity index (χ2n) is 4.22. The number of benzene rings is 1. The van der Waals surface area contributed by atoms with Gasteiger partial charge in [0.05, 0.1) is 11.3 Å². The molecule has 17 heavy (non-hydrogen) atoms. The summed E-state index contributed by atoms with van der Waals surface area (Å²) in [6, 6.07) is 4.30. The maximum absolute atomic E-state index is 11.2. The molecule has 92 valence electrons. The quantitative estimate of drug-likeness (QED) is 0.573. The van der Waals surface area contributed by atoms with E-state index in [0.717, 1.165) is 0 Å². The van der Waals surface area contributed by atoms with Gasteiger partial charge in [0.1, 0.15) is 5.54 Å². The SMILES string of the molecule is CC(C)(Nc1cc(N)ccc1C(=O)O)C(N)=O. The molecule has 0 aliphatic rings. The lowest BCUT2D eigenvalue weighted by molar-refractivity contribution is -0.121. The summed E-state index contributed by atoms with van der Waals surface area (Å²) in [5.74, 6) is -1.69. The van der Waals surface area contributed by atoms with Crippen molar-refractivity contribution in [2.24, 2.45) is 5.73 Å². The monoisotopic (exact) mass is 237 g/mol. The molecule has 6 heteroatoms. The molecule has 0 spiro atoms. The normalized spacial score (nSPS) is 10.9. The third-order valence-electron chi connectivity index (χ3n) is 2.34. The van der Waals surface area contributed by atoms with Gasteiger partial charge in [-0.2, -0.15) is 0 Å². The number of aromatic carboxylic acids is 1. The molecule has 1 aromatic rings. The van der Waals surface area contributed by atoms with Crippen LogP contribution in [0.15, 0.2) is 18.2 Å². The predicted molar refractivity (Wildman–Crippen MR) is 64.7 cm³/mol. The number of primary amides is 1. The van der Waals surface area contributed by atoms with Gasteiger partial charge in [-0.1, -0.05) is 0 Å². The van der Waals surface area contributed by atoms with E-state index in [4.69, 9.17) is 16.6 Å². The summed E-state index contributed by atoms with van der Waals surface area (Å²) in [4.78, 5) is 22.2. The molecular weight excluding hydrogens is 222 g/mol. The lowest BCUT2D eigenvalue weighted by atomic mass is 10.0. The minimum Gasteiger partial charge on any atom is -0.478 e. The topological polar surface area (TPSA) is 118 Å². The molecule has 0 radical (unpaired) electrons. The highest BCUT2D eigenvalue weighted by atomic mass is 16.4. The van der Waals surface area contributed by atoms with E-state index >= 15 is 0 Å². The fraction of sp³-hybridized carbons (Fsp3) is 0.273. The van der Waals surface area contributed by atoms with Gasteiger partial charge in [-0.3, -0.25) is 4.79 Å². The van der Waals surface area contributed by atoms with Gasteiger partial charge in [-0.05, 0) is 32.0 Å². The van der Waals surface area contributed by atoms with Gasteiger partial charge in [0.25, 0.3) is 0 Å². The van der Waals surface area contributed by atoms with Crippen LogP contribution in [0.1, 0.15) is 24.2 Å². The molecule has 0 bridgehead atoms. The Morgan fingerprint density at radius 2 is 1.94 bits per heavy atom. The van der Waals surface area contributed by atoms with Crippen molar-refractivity contribution in [2.75, 3.05) is 11.1 Å². The Bertz CT molecular complexity index is 469. The number of anilines is 2. The number of hydrogen-bond acceptors (Lipinski definition) is 4. The number of carboxylic acids is 1. The molecule has 1 amide bonds. The van der Waals surface area contributed by atoms with Crippen molar-refractivity contribution in [3.63, 3.8) is 0 Å². The first-order chi connectivity index (χ1) is 7.74. The smallest absolute Gasteiger partial charge is 0.337 e. The van der Waals surface area contributed by atoms with E-state index in [1.807, 2.05) is 0 Å². The Morgan fingerprint density at radius 3 is 2.41 bits per heavy atom. The van der Waals surface area contributed by atoms with Crippen molar-refractivity contribution < 1.29 is 14.7 Å². The first-order valence-corrected chi connectivity index (χ1v) is 4.95. The molecule has 0 aliphatic carbocycles. The number of rotatable bonds is 4. The van der Waals surface area contributed by atoms with Gasteiger partial charge in [-0.25, -0.2) is 4.79 Å². The highest BCUT2D eigenvalue weighted by molar-refractivity contribution is 5.97. The van der Waals surface area contributed by atoms with E-state index in [0.29, 0.717) is 5.69 Å². The number of nitrogen functional groups attached to an aromatic ring is 1. The molecule has 1 aromatic carbocycles. The zero-order valence-electron chi connectivity index (χ0n) is 9.65. The molecule has 0 saturated heterocycles. The van der Waals surface area contributed by atoms with Crippen molar-refractivity contribution >= 4 is 23.3 Å². The van der Waals surface area contributed by atoms with Crippen LogP contribution in [-0.2, 0) is 4.79 Å². The number of carbonyl (C=O) groups is 2. The fourth-order valence-electron chi connectivity index (χ4n) is 1.25. The number of amides is 1. The van der Waals surface area contributed by atoms with Crippen LogP contribution < -0.4 is 16.8 Å². The Balaban J connectivity index is 3.17. The second kappa shape index (κ2) is 4.32. The standard InChI is InChI=1S/C11H15N3O3/c1-11(2,10(13)17)14-8-5-6(12)3-4-7(8)9(15)16/h3-5,14H,12H2,1-2H3,(H2,13,17)(H,15,16). The van der Waals surface area contributed by atoms with Crippen LogP contribution >= 0.6 is 0 Å². The highest BCUT2D eigenvalue weighted by Crippen LogP contribution is 2.23. The van der Waals surface area contributed by atoms with Crippen LogP contribution in [0.4, 0.5) is 11.4 Å². The number of carbonyl (C=O) groups excluding carboxylic acids is 1. The van der Waals surface area contributed by atoms with Gasteiger partial charge in [0.2, 0.25) is 5.91 Å². The van der Waals surface area contributed by atoms with Crippen molar-refractivity contribution in [2.45, 2.75) is 19.4 Å². The maximum Gasteiger partial charge on any atom is 0.337 e. The molecule has 0 heterocycles. The van der Waals surface area contributed by atoms with E-state index < -0.39 is 17.4 Å². The predicted octanol–water partition coefficient (Wildman–Crippen LogP) is 0.643. The van der Waals surface area contributed by atoms with Gasteiger partial charge < -0.3 is 21.9 Å². The molecule has 0 atom stereocenters. The molecule has 0 saturated carbocycles. The number of hydrogen-bond donors (Lipinski definition) is 4. The van der Waals surface area contributed by atoms with Crippen LogP contribution in [0.3, 0.4) is 0 Å². The summed E-state index contributed by atoms with van der Waals surface area (Å²) in [5.41, 5.74) is 10.4. The lowest BCUT2D eigenvalue weighted by Gasteiger charge is -2.24. The first kappa shape index (κ1) is 12.8. The summed E-state index contributed by atoms with van der Waals surface area (Å²) in [6.07, 6.45) is 0. The van der Waals surface area contributed by atoms with E-state index in [2.05, 4.69) is 5.32 Å². The fourth-order valence-corrected chi connectivity index (χ4v) is 1.25. The van der Waals surface area contributed by atoms with Crippen LogP contribution in [0.5, 0.6) is 0 Å². The average molecular weight is 237 g/mol. The summed E-state index contributed by atoms with van der Waals surface area (Å²) in [5, 5.41) is 11.8. The van der Waals surface area contributed by atoms with E-state index in [-0.39, 0.29) is 11.3 Å². The number of nitrogens with one attached hydrogen (secondary N) is 1. The largest absolute Gasteiger partial charge is 0.478 e. The molecule has 0 aromatic heterocycles. The second-order valence-corrected chi connectivity index (χ2v) is 4.22. The third-order valence-corrected chi connectivity index (χ3v) is 2.34. The third kappa shape index (κ3) is 2.87. The Hall–Kier alpha value is -2.24. The Labute approximate surface area is 98.6 Å². The molecule has 6 N–H and O–H groups in total. The summed E-state index contributed by atoms with van der Waals surface area (Å²) in [7, 11) is 0. The van der Waals surface area contributed by atoms with Crippen LogP contribution in [0, 0.1) is 0 Å². The van der Waals surface area contributed by atoms with Gasteiger partial charge in [0, 0.05) is 5.69 Å². The highest BCUT2D eigenvalue weighted by Gasteiger charge is 2.26. The van der Waals surface area contributed by atoms with E-state index in [1.54, 1.807) is 13.8 Å². The Kier molecular flexibility index (Phi) is 3.26. The number of nitrogens with two attached hydrogens (primary N) is 2. The summed E-state index contributed by atoms with van der Waals surface area (Å²) < 4.78 is 0. The average Bonchev–Trinajstić information content (AvgIpc) is 2.15. The molecule has 6 nitrogen and oxygen atoms in total. The zero-order valence-corrected chi connectivity index (χ0v) is 9.65. The van der Waals surface area contributed by atoms with Gasteiger partial charge >= 0.3 is 5.97 Å². The molecule has 0 fully saturated rings. The van der Waals surface area contributed by atoms with Crippen LogP contribution in [0.2, 0.25) is 0 Å². The molecular formula is C11H15N3O3. The maximum atomic E-state index is 11.2. The summed E-state index contributed by atoms with van der Waals surface area (Å²) in [6.45, 7) is 3.12. The lowest BCUT2D eigenvalue weighted by Crippen LogP contribution is -2.45. The van der Waals surface area contributed by atoms with Crippen molar-refractivity contribution in [1.29, 1.82) is 0 Å². The van der Waals surface area contributed by atoms with Crippen molar-refractivity contribution in [3.8, 4) is 0 Å².